The number of amides is 2. The molecule has 1 fully saturated rings. The molecule has 0 spiro atoms. The van der Waals surface area contributed by atoms with Crippen LogP contribution in [-0.4, -0.2) is 41.8 Å². The van der Waals surface area contributed by atoms with E-state index in [4.69, 9.17) is 4.74 Å². The Labute approximate surface area is 140 Å². The maximum Gasteiger partial charge on any atom is 0.271 e. The highest BCUT2D eigenvalue weighted by Crippen LogP contribution is 2.21. The summed E-state index contributed by atoms with van der Waals surface area (Å²) in [7, 11) is 3.13. The first-order valence-electron chi connectivity index (χ1n) is 7.85. The number of nitrogens with zero attached hydrogens (tertiary/aromatic N) is 2. The molecule has 1 saturated carbocycles. The highest BCUT2D eigenvalue weighted by molar-refractivity contribution is 5.98. The number of hydrogen-bond donors (Lipinski definition) is 2. The Kier molecular flexibility index (Phi) is 4.50. The molecular formula is C17H20N4O3. The number of hydrogen-bond acceptors (Lipinski definition) is 4. The van der Waals surface area contributed by atoms with Gasteiger partial charge in [-0.25, -0.2) is 0 Å². The van der Waals surface area contributed by atoms with Crippen LogP contribution in [0.1, 0.15) is 39.4 Å². The van der Waals surface area contributed by atoms with Crippen molar-refractivity contribution in [2.24, 2.45) is 0 Å². The summed E-state index contributed by atoms with van der Waals surface area (Å²) in [6, 6.07) is 9.28. The molecule has 1 heterocycles. The molecule has 0 saturated heterocycles. The van der Waals surface area contributed by atoms with Crippen molar-refractivity contribution < 1.29 is 14.3 Å². The molecule has 0 atom stereocenters. The second-order valence-corrected chi connectivity index (χ2v) is 5.71. The third-order valence-corrected chi connectivity index (χ3v) is 3.90. The molecule has 1 aliphatic rings. The van der Waals surface area contributed by atoms with Crippen LogP contribution in [0.2, 0.25) is 0 Å². The van der Waals surface area contributed by atoms with Gasteiger partial charge in [-0.1, -0.05) is 18.2 Å². The fraction of sp³-hybridized carbons (Fsp3) is 0.353. The van der Waals surface area contributed by atoms with Crippen molar-refractivity contribution in [3.8, 4) is 5.75 Å². The van der Waals surface area contributed by atoms with E-state index in [-0.39, 0.29) is 23.6 Å². The van der Waals surface area contributed by atoms with Crippen molar-refractivity contribution in [1.29, 1.82) is 0 Å². The number of carbonyl (C=O) groups excluding carboxylic acids is 2. The van der Waals surface area contributed by atoms with Crippen molar-refractivity contribution in [2.75, 3.05) is 14.2 Å². The van der Waals surface area contributed by atoms with Crippen LogP contribution in [0.25, 0.3) is 0 Å². The number of nitrogens with one attached hydrogen (secondary N) is 2. The average molecular weight is 328 g/mol. The first-order chi connectivity index (χ1) is 11.6. The number of methoxy groups -OCH3 is 1. The van der Waals surface area contributed by atoms with E-state index in [1.165, 1.54) is 13.1 Å². The molecule has 3 rings (SSSR count). The van der Waals surface area contributed by atoms with E-state index in [9.17, 15) is 9.59 Å². The van der Waals surface area contributed by atoms with Gasteiger partial charge in [0.1, 0.15) is 11.4 Å². The SMILES string of the molecule is CNC(=O)c1cc(C(=O)NC2CC2)n(Cc2ccccc2OC)n1. The van der Waals surface area contributed by atoms with Gasteiger partial charge in [-0.05, 0) is 18.9 Å². The first kappa shape index (κ1) is 16.0. The van der Waals surface area contributed by atoms with E-state index in [0.717, 1.165) is 18.4 Å². The van der Waals surface area contributed by atoms with Crippen LogP contribution in [0.4, 0.5) is 0 Å². The minimum atomic E-state index is -0.325. The Morgan fingerprint density at radius 1 is 1.29 bits per heavy atom. The number of benzene rings is 1. The zero-order chi connectivity index (χ0) is 17.1. The van der Waals surface area contributed by atoms with Crippen LogP contribution in [0.3, 0.4) is 0 Å². The van der Waals surface area contributed by atoms with Gasteiger partial charge in [-0.2, -0.15) is 5.10 Å². The summed E-state index contributed by atoms with van der Waals surface area (Å²) in [5.41, 5.74) is 1.46. The average Bonchev–Trinajstić information content (AvgIpc) is 3.31. The Morgan fingerprint density at radius 2 is 2.04 bits per heavy atom. The minimum Gasteiger partial charge on any atom is -0.496 e. The maximum atomic E-state index is 12.4. The van der Waals surface area contributed by atoms with Gasteiger partial charge in [-0.15, -0.1) is 0 Å². The fourth-order valence-corrected chi connectivity index (χ4v) is 2.44. The van der Waals surface area contributed by atoms with Crippen molar-refractivity contribution in [3.63, 3.8) is 0 Å². The molecule has 7 nitrogen and oxygen atoms in total. The lowest BCUT2D eigenvalue weighted by Crippen LogP contribution is -2.28. The van der Waals surface area contributed by atoms with E-state index < -0.39 is 0 Å². The Hall–Kier alpha value is -2.83. The van der Waals surface area contributed by atoms with E-state index in [0.29, 0.717) is 18.0 Å². The second-order valence-electron chi connectivity index (χ2n) is 5.71. The maximum absolute atomic E-state index is 12.4. The molecule has 126 valence electrons. The van der Waals surface area contributed by atoms with Crippen LogP contribution < -0.4 is 15.4 Å². The number of para-hydroxylation sites is 1. The Morgan fingerprint density at radius 3 is 2.71 bits per heavy atom. The number of aromatic nitrogens is 2. The van der Waals surface area contributed by atoms with Gasteiger partial charge in [0, 0.05) is 24.7 Å². The standard InChI is InChI=1S/C17H20N4O3/c1-18-16(22)13-9-14(17(23)19-12-7-8-12)21(20-13)10-11-5-3-4-6-15(11)24-2/h3-6,9,12H,7-8,10H2,1-2H3,(H,18,22)(H,19,23). The normalized spacial score (nSPS) is 13.4. The van der Waals surface area contributed by atoms with Crippen molar-refractivity contribution in [3.05, 3.63) is 47.3 Å². The van der Waals surface area contributed by atoms with E-state index in [2.05, 4.69) is 15.7 Å². The van der Waals surface area contributed by atoms with Gasteiger partial charge >= 0.3 is 0 Å². The van der Waals surface area contributed by atoms with E-state index in [1.54, 1.807) is 11.8 Å². The molecule has 0 unspecified atom stereocenters. The van der Waals surface area contributed by atoms with Crippen LogP contribution in [-0.2, 0) is 6.54 Å². The van der Waals surface area contributed by atoms with Crippen LogP contribution in [0.5, 0.6) is 5.75 Å². The molecule has 7 heteroatoms. The van der Waals surface area contributed by atoms with Crippen LogP contribution in [0, 0.1) is 0 Å². The molecule has 0 bridgehead atoms. The second kappa shape index (κ2) is 6.74. The molecule has 2 N–H and O–H groups in total. The molecule has 1 aliphatic carbocycles. The number of rotatable bonds is 6. The molecule has 1 aromatic heterocycles. The van der Waals surface area contributed by atoms with Crippen molar-refractivity contribution in [1.82, 2.24) is 20.4 Å². The zero-order valence-electron chi connectivity index (χ0n) is 13.7. The highest BCUT2D eigenvalue weighted by atomic mass is 16.5. The monoisotopic (exact) mass is 328 g/mol. The van der Waals surface area contributed by atoms with Crippen molar-refractivity contribution >= 4 is 11.8 Å². The minimum absolute atomic E-state index is 0.213. The van der Waals surface area contributed by atoms with Gasteiger partial charge in [-0.3, -0.25) is 14.3 Å². The summed E-state index contributed by atoms with van der Waals surface area (Å²) < 4.78 is 6.89. The van der Waals surface area contributed by atoms with Gasteiger partial charge in [0.25, 0.3) is 11.8 Å². The quantitative estimate of drug-likeness (QED) is 0.834. The predicted molar refractivity (Wildman–Crippen MR) is 88.2 cm³/mol. The molecule has 1 aromatic carbocycles. The lowest BCUT2D eigenvalue weighted by molar-refractivity contribution is 0.0937. The van der Waals surface area contributed by atoms with Gasteiger partial charge in [0.15, 0.2) is 5.69 Å². The molecule has 0 radical (unpaired) electrons. The largest absolute Gasteiger partial charge is 0.496 e. The molecule has 24 heavy (non-hydrogen) atoms. The van der Waals surface area contributed by atoms with E-state index in [1.807, 2.05) is 24.3 Å². The van der Waals surface area contributed by atoms with Crippen LogP contribution in [0.15, 0.2) is 30.3 Å². The molecule has 2 aromatic rings. The van der Waals surface area contributed by atoms with Gasteiger partial charge in [0.05, 0.1) is 13.7 Å². The molecule has 0 aliphatic heterocycles. The lowest BCUT2D eigenvalue weighted by atomic mass is 10.2. The number of carbonyl (C=O) groups is 2. The Bertz CT molecular complexity index is 765. The van der Waals surface area contributed by atoms with Gasteiger partial charge in [0.2, 0.25) is 0 Å². The first-order valence-corrected chi connectivity index (χ1v) is 7.85. The summed E-state index contributed by atoms with van der Waals surface area (Å²) in [6.45, 7) is 0.342. The number of ether oxygens (including phenoxy) is 1. The fourth-order valence-electron chi connectivity index (χ4n) is 2.44. The summed E-state index contributed by atoms with van der Waals surface area (Å²) in [4.78, 5) is 24.3. The topological polar surface area (TPSA) is 85.2 Å². The summed E-state index contributed by atoms with van der Waals surface area (Å²) in [6.07, 6.45) is 1.99. The predicted octanol–water partition coefficient (Wildman–Crippen LogP) is 1.19. The lowest BCUT2D eigenvalue weighted by Gasteiger charge is -2.11. The molecular weight excluding hydrogens is 308 g/mol. The van der Waals surface area contributed by atoms with E-state index >= 15 is 0 Å². The van der Waals surface area contributed by atoms with Crippen LogP contribution >= 0.6 is 0 Å². The van der Waals surface area contributed by atoms with Crippen molar-refractivity contribution in [2.45, 2.75) is 25.4 Å². The third-order valence-electron chi connectivity index (χ3n) is 3.90. The summed E-state index contributed by atoms with van der Waals surface area (Å²) in [5, 5.41) is 9.75. The molecule has 2 amide bonds. The third kappa shape index (κ3) is 3.40. The highest BCUT2D eigenvalue weighted by Gasteiger charge is 2.26. The summed E-state index contributed by atoms with van der Waals surface area (Å²) >= 11 is 0. The van der Waals surface area contributed by atoms with Gasteiger partial charge < -0.3 is 15.4 Å². The zero-order valence-corrected chi connectivity index (χ0v) is 13.7. The Balaban J connectivity index is 1.93. The summed E-state index contributed by atoms with van der Waals surface area (Å²) in [5.74, 6) is 0.173. The smallest absolute Gasteiger partial charge is 0.271 e.